The maximum absolute atomic E-state index is 12.5. The first-order valence-corrected chi connectivity index (χ1v) is 9.79. The number of carbonyl (C=O) groups excluding carboxylic acids is 2. The summed E-state index contributed by atoms with van der Waals surface area (Å²) in [7, 11) is 0. The predicted molar refractivity (Wildman–Crippen MR) is 108 cm³/mol. The van der Waals surface area contributed by atoms with Gasteiger partial charge in [0, 0.05) is 34.1 Å². The number of anilines is 1. The van der Waals surface area contributed by atoms with Crippen molar-refractivity contribution in [3.8, 4) is 0 Å². The van der Waals surface area contributed by atoms with Crippen LogP contribution in [0.1, 0.15) is 23.2 Å². The second kappa shape index (κ2) is 8.42. The minimum absolute atomic E-state index is 0.00268. The number of halogens is 3. The lowest BCUT2D eigenvalue weighted by molar-refractivity contribution is -0.121. The fourth-order valence-electron chi connectivity index (χ4n) is 2.95. The number of nitrogens with zero attached hydrogens (tertiary/aromatic N) is 1. The van der Waals surface area contributed by atoms with Gasteiger partial charge in [0.25, 0.3) is 5.91 Å². The largest absolute Gasteiger partial charge is 0.339 e. The average Bonchev–Trinajstić information content (AvgIpc) is 2.64. The van der Waals surface area contributed by atoms with E-state index >= 15 is 0 Å². The molecule has 1 fully saturated rings. The molecule has 0 spiro atoms. The molecule has 0 bridgehead atoms. The van der Waals surface area contributed by atoms with E-state index in [9.17, 15) is 9.59 Å². The van der Waals surface area contributed by atoms with Gasteiger partial charge in [-0.05, 0) is 55.3 Å². The van der Waals surface area contributed by atoms with Gasteiger partial charge in [-0.15, -0.1) is 0 Å². The Bertz CT molecular complexity index is 819. The Morgan fingerprint density at radius 2 is 1.69 bits per heavy atom. The molecule has 0 saturated carbocycles. The molecule has 26 heavy (non-hydrogen) atoms. The van der Waals surface area contributed by atoms with E-state index in [1.165, 1.54) is 0 Å². The lowest BCUT2D eigenvalue weighted by atomic mass is 9.95. The Hall–Kier alpha value is -1.56. The lowest BCUT2D eigenvalue weighted by Gasteiger charge is -2.31. The normalized spacial score (nSPS) is 15.0. The molecule has 0 aliphatic carbocycles. The Labute approximate surface area is 170 Å². The number of rotatable bonds is 3. The smallest absolute Gasteiger partial charge is 0.253 e. The van der Waals surface area contributed by atoms with Crippen LogP contribution >= 0.6 is 39.1 Å². The molecule has 1 heterocycles. The predicted octanol–water partition coefficient (Wildman–Crippen LogP) is 5.25. The highest BCUT2D eigenvalue weighted by molar-refractivity contribution is 9.10. The van der Waals surface area contributed by atoms with Crippen molar-refractivity contribution in [3.05, 3.63) is 62.5 Å². The number of hydrogen-bond donors (Lipinski definition) is 1. The van der Waals surface area contributed by atoms with Gasteiger partial charge in [0.1, 0.15) is 0 Å². The minimum atomic E-state index is -0.143. The maximum atomic E-state index is 12.5. The van der Waals surface area contributed by atoms with E-state index in [0.717, 1.165) is 4.47 Å². The monoisotopic (exact) mass is 454 g/mol. The van der Waals surface area contributed by atoms with Gasteiger partial charge in [0.2, 0.25) is 5.91 Å². The van der Waals surface area contributed by atoms with Gasteiger partial charge in [-0.2, -0.15) is 0 Å². The Kier molecular flexibility index (Phi) is 6.22. The third-order valence-corrected chi connectivity index (χ3v) is 5.51. The SMILES string of the molecule is O=C(Nc1ccc(Cl)cc1Cl)C1CCN(C(=O)c2ccc(Br)cc2)CC1. The van der Waals surface area contributed by atoms with E-state index in [4.69, 9.17) is 23.2 Å². The highest BCUT2D eigenvalue weighted by Crippen LogP contribution is 2.27. The molecule has 1 N–H and O–H groups in total. The molecule has 0 radical (unpaired) electrons. The number of benzene rings is 2. The van der Waals surface area contributed by atoms with E-state index in [2.05, 4.69) is 21.2 Å². The summed E-state index contributed by atoms with van der Waals surface area (Å²) in [4.78, 5) is 26.8. The molecule has 136 valence electrons. The van der Waals surface area contributed by atoms with Crippen LogP contribution in [0.5, 0.6) is 0 Å². The van der Waals surface area contributed by atoms with Gasteiger partial charge in [-0.1, -0.05) is 39.1 Å². The van der Waals surface area contributed by atoms with Crippen LogP contribution in [-0.2, 0) is 4.79 Å². The van der Waals surface area contributed by atoms with E-state index in [0.29, 0.717) is 47.2 Å². The van der Waals surface area contributed by atoms with E-state index in [1.807, 2.05) is 12.1 Å². The Morgan fingerprint density at radius 1 is 1.04 bits per heavy atom. The molecule has 2 aromatic rings. The van der Waals surface area contributed by atoms with Crippen LogP contribution in [0.4, 0.5) is 5.69 Å². The standard InChI is InChI=1S/C19H17BrCl2N2O2/c20-14-3-1-13(2-4-14)19(26)24-9-7-12(8-10-24)18(25)23-17-6-5-15(21)11-16(17)22/h1-6,11-12H,7-10H2,(H,23,25). The molecule has 2 amide bonds. The molecule has 1 aliphatic heterocycles. The molecule has 7 heteroatoms. The summed E-state index contributed by atoms with van der Waals surface area (Å²) in [6, 6.07) is 12.3. The van der Waals surface area contributed by atoms with Crippen LogP contribution in [0, 0.1) is 5.92 Å². The zero-order valence-corrected chi connectivity index (χ0v) is 16.9. The Balaban J connectivity index is 1.56. The summed E-state index contributed by atoms with van der Waals surface area (Å²) in [5.41, 5.74) is 1.21. The number of nitrogens with one attached hydrogen (secondary N) is 1. The third kappa shape index (κ3) is 4.58. The molecular formula is C19H17BrCl2N2O2. The summed E-state index contributed by atoms with van der Waals surface area (Å²) in [5, 5.41) is 3.78. The highest BCUT2D eigenvalue weighted by Gasteiger charge is 2.28. The van der Waals surface area contributed by atoms with Gasteiger partial charge >= 0.3 is 0 Å². The number of carbonyl (C=O) groups is 2. The fraction of sp³-hybridized carbons (Fsp3) is 0.263. The second-order valence-electron chi connectivity index (χ2n) is 6.19. The zero-order chi connectivity index (χ0) is 18.7. The number of piperidine rings is 1. The molecular weight excluding hydrogens is 439 g/mol. The first-order valence-electron chi connectivity index (χ1n) is 8.25. The summed E-state index contributed by atoms with van der Waals surface area (Å²) in [6.45, 7) is 1.11. The van der Waals surface area contributed by atoms with Crippen LogP contribution in [-0.4, -0.2) is 29.8 Å². The fourth-order valence-corrected chi connectivity index (χ4v) is 3.67. The van der Waals surface area contributed by atoms with E-state index in [-0.39, 0.29) is 17.7 Å². The molecule has 1 aliphatic rings. The average molecular weight is 456 g/mol. The molecule has 4 nitrogen and oxygen atoms in total. The summed E-state index contributed by atoms with van der Waals surface area (Å²) in [6.07, 6.45) is 1.25. The molecule has 3 rings (SSSR count). The van der Waals surface area contributed by atoms with Crippen molar-refractivity contribution >= 4 is 56.6 Å². The maximum Gasteiger partial charge on any atom is 0.253 e. The van der Waals surface area contributed by atoms with E-state index in [1.54, 1.807) is 35.2 Å². The van der Waals surface area contributed by atoms with Crippen LogP contribution in [0.25, 0.3) is 0 Å². The van der Waals surface area contributed by atoms with Crippen molar-refractivity contribution in [2.24, 2.45) is 5.92 Å². The van der Waals surface area contributed by atoms with Crippen molar-refractivity contribution in [3.63, 3.8) is 0 Å². The topological polar surface area (TPSA) is 49.4 Å². The highest BCUT2D eigenvalue weighted by atomic mass is 79.9. The lowest BCUT2D eigenvalue weighted by Crippen LogP contribution is -2.41. The molecule has 0 unspecified atom stereocenters. The number of hydrogen-bond acceptors (Lipinski definition) is 2. The third-order valence-electron chi connectivity index (χ3n) is 4.43. The van der Waals surface area contributed by atoms with E-state index < -0.39 is 0 Å². The van der Waals surface area contributed by atoms with Crippen LogP contribution in [0.3, 0.4) is 0 Å². The van der Waals surface area contributed by atoms with Crippen LogP contribution < -0.4 is 5.32 Å². The first kappa shape index (κ1) is 19.2. The van der Waals surface area contributed by atoms with Gasteiger partial charge in [-0.25, -0.2) is 0 Å². The zero-order valence-electron chi connectivity index (χ0n) is 13.8. The van der Waals surface area contributed by atoms with Gasteiger partial charge in [-0.3, -0.25) is 9.59 Å². The second-order valence-corrected chi connectivity index (χ2v) is 7.95. The summed E-state index contributed by atoms with van der Waals surface area (Å²) < 4.78 is 0.935. The van der Waals surface area contributed by atoms with Crippen molar-refractivity contribution < 1.29 is 9.59 Å². The van der Waals surface area contributed by atoms with Crippen molar-refractivity contribution in [2.75, 3.05) is 18.4 Å². The quantitative estimate of drug-likeness (QED) is 0.687. The summed E-state index contributed by atoms with van der Waals surface area (Å²) >= 11 is 15.3. The molecule has 1 saturated heterocycles. The van der Waals surface area contributed by atoms with Crippen LogP contribution in [0.2, 0.25) is 10.0 Å². The summed E-state index contributed by atoms with van der Waals surface area (Å²) in [5.74, 6) is -0.224. The van der Waals surface area contributed by atoms with Crippen LogP contribution in [0.15, 0.2) is 46.9 Å². The molecule has 2 aromatic carbocycles. The van der Waals surface area contributed by atoms with Gasteiger partial charge in [0.15, 0.2) is 0 Å². The van der Waals surface area contributed by atoms with Crippen molar-refractivity contribution in [2.45, 2.75) is 12.8 Å². The van der Waals surface area contributed by atoms with Crippen molar-refractivity contribution in [1.29, 1.82) is 0 Å². The number of amides is 2. The molecule has 0 aromatic heterocycles. The van der Waals surface area contributed by atoms with Gasteiger partial charge in [0.05, 0.1) is 10.7 Å². The number of likely N-dealkylation sites (tertiary alicyclic amines) is 1. The van der Waals surface area contributed by atoms with Gasteiger partial charge < -0.3 is 10.2 Å². The molecule has 0 atom stereocenters. The van der Waals surface area contributed by atoms with Crippen molar-refractivity contribution in [1.82, 2.24) is 4.90 Å². The Morgan fingerprint density at radius 3 is 2.31 bits per heavy atom. The first-order chi connectivity index (χ1) is 12.4. The minimum Gasteiger partial charge on any atom is -0.339 e.